The van der Waals surface area contributed by atoms with Crippen LogP contribution in [0.2, 0.25) is 0 Å². The summed E-state index contributed by atoms with van der Waals surface area (Å²) in [6.07, 6.45) is 4.12. The second kappa shape index (κ2) is 9.33. The highest BCUT2D eigenvalue weighted by atomic mass is 127. The lowest BCUT2D eigenvalue weighted by Gasteiger charge is -1.90. The summed E-state index contributed by atoms with van der Waals surface area (Å²) in [5.41, 5.74) is 0. The van der Waals surface area contributed by atoms with Gasteiger partial charge in [-0.05, 0) is 12.3 Å². The molecule has 0 saturated carbocycles. The largest absolute Gasteiger partial charge is 0.118 e. The molecule has 54 valence electrons. The summed E-state index contributed by atoms with van der Waals surface area (Å²) in [6, 6.07) is 0. The molecule has 1 unspecified atom stereocenters. The van der Waals surface area contributed by atoms with E-state index in [1.807, 2.05) is 0 Å². The topological polar surface area (TPSA) is 0 Å². The Kier molecular flexibility index (Phi) is 10.7. The van der Waals surface area contributed by atoms with E-state index in [4.69, 9.17) is 0 Å². The van der Waals surface area contributed by atoms with E-state index in [1.54, 1.807) is 0 Å². The Morgan fingerprint density at radius 1 is 1.67 bits per heavy atom. The van der Waals surface area contributed by atoms with Gasteiger partial charge in [0.25, 0.3) is 0 Å². The van der Waals surface area contributed by atoms with Gasteiger partial charge >= 0.3 is 0 Å². The van der Waals surface area contributed by atoms with E-state index in [0.717, 1.165) is 0 Å². The van der Waals surface area contributed by atoms with Crippen molar-refractivity contribution in [3.05, 3.63) is 0 Å². The van der Waals surface area contributed by atoms with Crippen LogP contribution in [0.15, 0.2) is 0 Å². The second-order valence-corrected chi connectivity index (χ2v) is 6.11. The van der Waals surface area contributed by atoms with Crippen LogP contribution in [-0.2, 0) is 0 Å². The van der Waals surface area contributed by atoms with Crippen molar-refractivity contribution in [2.24, 2.45) is 0 Å². The Hall–Kier alpha value is 1.33. The van der Waals surface area contributed by atoms with E-state index >= 15 is 0 Å². The number of halogens is 1. The summed E-state index contributed by atoms with van der Waals surface area (Å²) in [5, 5.41) is 0. The molecule has 0 radical (unpaired) electrons. The van der Waals surface area contributed by atoms with E-state index in [1.165, 1.54) is 39.7 Å². The highest BCUT2D eigenvalue weighted by molar-refractivity contribution is 14.1. The minimum Gasteiger partial charge on any atom is -0.118 e. The van der Waals surface area contributed by atoms with E-state index in [2.05, 4.69) is 35.3 Å². The average molecular weight is 274 g/mol. The van der Waals surface area contributed by atoms with Gasteiger partial charge in [-0.25, -0.2) is 0 Å². The van der Waals surface area contributed by atoms with Crippen molar-refractivity contribution >= 4 is 45.2 Å². The van der Waals surface area contributed by atoms with Crippen molar-refractivity contribution in [3.8, 4) is 0 Å². The first-order valence-corrected chi connectivity index (χ1v) is 7.25. The maximum absolute atomic E-state index is 2.41. The Morgan fingerprint density at radius 2 is 2.44 bits per heavy atom. The van der Waals surface area contributed by atoms with Crippen molar-refractivity contribution in [1.29, 1.82) is 0 Å². The predicted molar refractivity (Wildman–Crippen MR) is 60.2 cm³/mol. The van der Waals surface area contributed by atoms with E-state index in [0.29, 0.717) is 0 Å². The Labute approximate surface area is 74.9 Å². The van der Waals surface area contributed by atoms with Crippen LogP contribution in [0.5, 0.6) is 0 Å². The summed E-state index contributed by atoms with van der Waals surface area (Å²) in [6.45, 7) is 2.25. The zero-order valence-electron chi connectivity index (χ0n) is 5.73. The van der Waals surface area contributed by atoms with Gasteiger partial charge in [-0.15, -0.1) is 8.58 Å². The fourth-order valence-corrected chi connectivity index (χ4v) is 2.98. The van der Waals surface area contributed by atoms with Gasteiger partial charge in [0.2, 0.25) is 0 Å². The number of alkyl halides is 1. The lowest BCUT2D eigenvalue weighted by Crippen LogP contribution is -1.75. The molecule has 3 heteroatoms. The molecule has 0 aromatic heterocycles. The van der Waals surface area contributed by atoms with Crippen LogP contribution in [-0.4, -0.2) is 22.3 Å². The quantitative estimate of drug-likeness (QED) is 0.312. The third-order valence-electron chi connectivity index (χ3n) is 0.861. The average Bonchev–Trinajstić information content (AvgIpc) is 1.89. The van der Waals surface area contributed by atoms with Crippen LogP contribution < -0.4 is 0 Å². The molecule has 0 heterocycles. The third-order valence-corrected chi connectivity index (χ3v) is 4.31. The fourth-order valence-electron chi connectivity index (χ4n) is 0.457. The molecule has 0 spiro atoms. The summed E-state index contributed by atoms with van der Waals surface area (Å²) < 4.78 is 1.26. The molecule has 0 amide bonds. The molecule has 0 saturated heterocycles. The van der Waals surface area contributed by atoms with Crippen LogP contribution >= 0.6 is 39.4 Å². The zero-order chi connectivity index (χ0) is 6.95. The zero-order valence-corrected chi connectivity index (χ0v) is 9.78. The lowest BCUT2D eigenvalue weighted by atomic mass is 10.6. The van der Waals surface area contributed by atoms with Crippen molar-refractivity contribution in [1.82, 2.24) is 0 Å². The molecule has 0 fully saturated rings. The SMILES string of the molecule is CCCPC/C=P/CI. The third kappa shape index (κ3) is 9.33. The molecule has 0 aromatic carbocycles. The van der Waals surface area contributed by atoms with Crippen molar-refractivity contribution in [2.45, 2.75) is 13.3 Å². The summed E-state index contributed by atoms with van der Waals surface area (Å²) in [4.78, 5) is 0. The molecule has 0 nitrogen and oxygen atoms in total. The van der Waals surface area contributed by atoms with Crippen LogP contribution in [0, 0.1) is 0 Å². The first-order chi connectivity index (χ1) is 4.41. The predicted octanol–water partition coefficient (Wildman–Crippen LogP) is 3.22. The molecular weight excluding hydrogens is 261 g/mol. The van der Waals surface area contributed by atoms with Crippen molar-refractivity contribution in [3.63, 3.8) is 0 Å². The van der Waals surface area contributed by atoms with Gasteiger partial charge in [0.05, 0.1) is 0 Å². The summed E-state index contributed by atoms with van der Waals surface area (Å²) in [5.74, 6) is 2.39. The standard InChI is InChI=1S/C6H13IP2/c1-2-3-8-4-5-9-6-7/h5,8H,2-4,6H2,1H3. The highest BCUT2D eigenvalue weighted by Crippen LogP contribution is 2.10. The normalized spacial score (nSPS) is 12.2. The van der Waals surface area contributed by atoms with Crippen LogP contribution in [0.4, 0.5) is 0 Å². The first-order valence-electron chi connectivity index (χ1n) is 3.16. The van der Waals surface area contributed by atoms with Gasteiger partial charge in [-0.3, -0.25) is 0 Å². The number of rotatable bonds is 5. The van der Waals surface area contributed by atoms with Gasteiger partial charge in [-0.1, -0.05) is 49.9 Å². The molecule has 9 heavy (non-hydrogen) atoms. The number of hydrogen-bond donors (Lipinski definition) is 0. The first kappa shape index (κ1) is 10.3. The highest BCUT2D eigenvalue weighted by Gasteiger charge is 1.79. The van der Waals surface area contributed by atoms with Gasteiger partial charge < -0.3 is 0 Å². The fraction of sp³-hybridized carbons (Fsp3) is 0.833. The van der Waals surface area contributed by atoms with E-state index in [-0.39, 0.29) is 0 Å². The van der Waals surface area contributed by atoms with E-state index < -0.39 is 0 Å². The van der Waals surface area contributed by atoms with Crippen molar-refractivity contribution in [2.75, 3.05) is 16.5 Å². The monoisotopic (exact) mass is 274 g/mol. The van der Waals surface area contributed by atoms with Crippen LogP contribution in [0.1, 0.15) is 13.3 Å². The maximum Gasteiger partial charge on any atom is 0.0413 e. The van der Waals surface area contributed by atoms with E-state index in [9.17, 15) is 0 Å². The molecule has 0 aliphatic rings. The molecule has 0 rings (SSSR count). The van der Waals surface area contributed by atoms with Crippen LogP contribution in [0.25, 0.3) is 0 Å². The second-order valence-electron chi connectivity index (χ2n) is 1.69. The molecule has 0 N–H and O–H groups in total. The molecule has 1 atom stereocenters. The maximum atomic E-state index is 2.41. The molecule has 0 aliphatic carbocycles. The van der Waals surface area contributed by atoms with Crippen molar-refractivity contribution < 1.29 is 0 Å². The lowest BCUT2D eigenvalue weighted by molar-refractivity contribution is 1.10. The smallest absolute Gasteiger partial charge is 0.0413 e. The summed E-state index contributed by atoms with van der Waals surface area (Å²) >= 11 is 2.41. The minimum atomic E-state index is 1.18. The van der Waals surface area contributed by atoms with Gasteiger partial charge in [0.1, 0.15) is 0 Å². The van der Waals surface area contributed by atoms with Gasteiger partial charge in [-0.2, -0.15) is 0 Å². The van der Waals surface area contributed by atoms with Gasteiger partial charge in [0, 0.05) is 4.17 Å². The Morgan fingerprint density at radius 3 is 3.00 bits per heavy atom. The van der Waals surface area contributed by atoms with Gasteiger partial charge in [0.15, 0.2) is 0 Å². The molecule has 0 bridgehead atoms. The molecular formula is C6H13IP2. The molecule has 0 aliphatic heterocycles. The Balaban J connectivity index is 2.82. The Bertz CT molecular complexity index is 73.5. The number of hydrogen-bond acceptors (Lipinski definition) is 0. The molecule has 0 aromatic rings. The van der Waals surface area contributed by atoms with Crippen LogP contribution in [0.3, 0.4) is 0 Å². The summed E-state index contributed by atoms with van der Waals surface area (Å²) in [7, 11) is 2.69. The minimum absolute atomic E-state index is 1.18.